The fourth-order valence-corrected chi connectivity index (χ4v) is 2.93. The summed E-state index contributed by atoms with van der Waals surface area (Å²) < 4.78 is 0. The first kappa shape index (κ1) is 13.4. The Labute approximate surface area is 110 Å². The van der Waals surface area contributed by atoms with Gasteiger partial charge in [-0.3, -0.25) is 0 Å². The predicted octanol–water partition coefficient (Wildman–Crippen LogP) is 1.80. The quantitative estimate of drug-likeness (QED) is 0.856. The summed E-state index contributed by atoms with van der Waals surface area (Å²) in [7, 11) is 0. The van der Waals surface area contributed by atoms with Crippen LogP contribution in [0.5, 0.6) is 0 Å². The van der Waals surface area contributed by atoms with Crippen molar-refractivity contribution in [2.24, 2.45) is 0 Å². The maximum atomic E-state index is 9.64. The average Bonchev–Trinajstić information content (AvgIpc) is 2.37. The number of rotatable bonds is 3. The van der Waals surface area contributed by atoms with E-state index in [1.165, 1.54) is 11.3 Å². The van der Waals surface area contributed by atoms with Crippen LogP contribution in [0.3, 0.4) is 0 Å². The van der Waals surface area contributed by atoms with Gasteiger partial charge in [-0.2, -0.15) is 0 Å². The minimum absolute atomic E-state index is 0.0247. The zero-order valence-electron chi connectivity index (χ0n) is 11.6. The molecule has 0 spiro atoms. The summed E-state index contributed by atoms with van der Waals surface area (Å²) in [6, 6.07) is 8.68. The van der Waals surface area contributed by atoms with E-state index in [4.69, 9.17) is 0 Å². The zero-order chi connectivity index (χ0) is 13.2. The van der Waals surface area contributed by atoms with Crippen molar-refractivity contribution in [2.45, 2.75) is 38.8 Å². The van der Waals surface area contributed by atoms with Gasteiger partial charge in [-0.1, -0.05) is 25.1 Å². The van der Waals surface area contributed by atoms with Gasteiger partial charge in [-0.25, -0.2) is 0 Å². The van der Waals surface area contributed by atoms with Crippen molar-refractivity contribution in [3.8, 4) is 0 Å². The Morgan fingerprint density at radius 2 is 2.11 bits per heavy atom. The number of anilines is 1. The fourth-order valence-electron chi connectivity index (χ4n) is 2.93. The number of aryl methyl sites for hydroxylation is 1. The molecule has 0 bridgehead atoms. The number of aliphatic hydroxyl groups excluding tert-OH is 1. The van der Waals surface area contributed by atoms with Crippen LogP contribution in [0.15, 0.2) is 24.3 Å². The van der Waals surface area contributed by atoms with Crippen LogP contribution in [0.25, 0.3) is 0 Å². The van der Waals surface area contributed by atoms with Gasteiger partial charge in [0.25, 0.3) is 0 Å². The molecule has 1 aliphatic rings. The Morgan fingerprint density at radius 3 is 2.78 bits per heavy atom. The standard InChI is InChI=1S/C15H24N2O/c1-4-12-7-5-6-8-14(12)17-13(10-18)9-16-11-15(17,2)3/h5-8,13,16,18H,4,9-11H2,1-3H3. The van der Waals surface area contributed by atoms with Crippen LogP contribution < -0.4 is 10.2 Å². The number of nitrogens with one attached hydrogen (secondary N) is 1. The highest BCUT2D eigenvalue weighted by Crippen LogP contribution is 2.31. The number of aliphatic hydroxyl groups is 1. The van der Waals surface area contributed by atoms with Crippen molar-refractivity contribution >= 4 is 5.69 Å². The SMILES string of the molecule is CCc1ccccc1N1C(CO)CNCC1(C)C. The molecular formula is C15H24N2O. The second-order valence-electron chi connectivity index (χ2n) is 5.63. The third kappa shape index (κ3) is 2.38. The zero-order valence-corrected chi connectivity index (χ0v) is 11.6. The van der Waals surface area contributed by atoms with Gasteiger partial charge < -0.3 is 15.3 Å². The first-order valence-corrected chi connectivity index (χ1v) is 6.79. The smallest absolute Gasteiger partial charge is 0.0651 e. The third-order valence-electron chi connectivity index (χ3n) is 3.80. The number of hydrogen-bond donors (Lipinski definition) is 2. The van der Waals surface area contributed by atoms with Gasteiger partial charge >= 0.3 is 0 Å². The number of benzene rings is 1. The van der Waals surface area contributed by atoms with E-state index in [1.54, 1.807) is 0 Å². The molecule has 0 amide bonds. The summed E-state index contributed by atoms with van der Waals surface area (Å²) in [5.41, 5.74) is 2.65. The van der Waals surface area contributed by atoms with Crippen LogP contribution >= 0.6 is 0 Å². The van der Waals surface area contributed by atoms with Crippen LogP contribution in [0, 0.1) is 0 Å². The molecule has 100 valence electrons. The maximum absolute atomic E-state index is 9.64. The van der Waals surface area contributed by atoms with E-state index >= 15 is 0 Å². The van der Waals surface area contributed by atoms with E-state index in [9.17, 15) is 5.11 Å². The van der Waals surface area contributed by atoms with E-state index in [-0.39, 0.29) is 18.2 Å². The normalized spacial score (nSPS) is 23.1. The van der Waals surface area contributed by atoms with Crippen molar-refractivity contribution in [2.75, 3.05) is 24.6 Å². The topological polar surface area (TPSA) is 35.5 Å². The largest absolute Gasteiger partial charge is 0.394 e. The van der Waals surface area contributed by atoms with Crippen molar-refractivity contribution in [1.29, 1.82) is 0 Å². The lowest BCUT2D eigenvalue weighted by Gasteiger charge is -2.50. The number of hydrogen-bond acceptors (Lipinski definition) is 3. The Kier molecular flexibility index (Phi) is 3.93. The molecule has 1 fully saturated rings. The Morgan fingerprint density at radius 1 is 1.39 bits per heavy atom. The average molecular weight is 248 g/mol. The summed E-state index contributed by atoms with van der Waals surface area (Å²) in [5, 5.41) is 13.0. The third-order valence-corrected chi connectivity index (χ3v) is 3.80. The lowest BCUT2D eigenvalue weighted by atomic mass is 9.93. The molecule has 0 aliphatic carbocycles. The van der Waals surface area contributed by atoms with Gasteiger partial charge in [0.2, 0.25) is 0 Å². The van der Waals surface area contributed by atoms with Crippen LogP contribution in [0.4, 0.5) is 5.69 Å². The van der Waals surface area contributed by atoms with Gasteiger partial charge in [0.05, 0.1) is 12.6 Å². The second kappa shape index (κ2) is 5.29. The Bertz CT molecular complexity index is 403. The fraction of sp³-hybridized carbons (Fsp3) is 0.600. The van der Waals surface area contributed by atoms with Crippen molar-refractivity contribution in [1.82, 2.24) is 5.32 Å². The minimum atomic E-state index is 0.0247. The first-order chi connectivity index (χ1) is 8.60. The molecule has 2 N–H and O–H groups in total. The number of piperazine rings is 1. The highest BCUT2D eigenvalue weighted by molar-refractivity contribution is 5.57. The first-order valence-electron chi connectivity index (χ1n) is 6.79. The molecule has 1 heterocycles. The maximum Gasteiger partial charge on any atom is 0.0651 e. The van der Waals surface area contributed by atoms with E-state index < -0.39 is 0 Å². The molecule has 1 aromatic carbocycles. The number of para-hydroxylation sites is 1. The van der Waals surface area contributed by atoms with Crippen LogP contribution in [-0.4, -0.2) is 36.4 Å². The van der Waals surface area contributed by atoms with E-state index in [0.717, 1.165) is 19.5 Å². The van der Waals surface area contributed by atoms with Crippen LogP contribution in [-0.2, 0) is 6.42 Å². The highest BCUT2D eigenvalue weighted by atomic mass is 16.3. The summed E-state index contributed by atoms with van der Waals surface area (Å²) >= 11 is 0. The molecule has 0 saturated carbocycles. The minimum Gasteiger partial charge on any atom is -0.394 e. The van der Waals surface area contributed by atoms with E-state index in [0.29, 0.717) is 0 Å². The summed E-state index contributed by atoms with van der Waals surface area (Å²) in [6.45, 7) is 8.62. The van der Waals surface area contributed by atoms with Crippen molar-refractivity contribution < 1.29 is 5.11 Å². The van der Waals surface area contributed by atoms with Crippen molar-refractivity contribution in [3.05, 3.63) is 29.8 Å². The predicted molar refractivity (Wildman–Crippen MR) is 76.1 cm³/mol. The van der Waals surface area contributed by atoms with Crippen molar-refractivity contribution in [3.63, 3.8) is 0 Å². The summed E-state index contributed by atoms with van der Waals surface area (Å²) in [6.07, 6.45) is 1.02. The molecule has 1 aliphatic heterocycles. The van der Waals surface area contributed by atoms with Gasteiger partial charge in [-0.05, 0) is 31.9 Å². The molecule has 18 heavy (non-hydrogen) atoms. The van der Waals surface area contributed by atoms with Crippen LogP contribution in [0.2, 0.25) is 0 Å². The molecule has 1 unspecified atom stereocenters. The summed E-state index contributed by atoms with van der Waals surface area (Å²) in [5.74, 6) is 0. The van der Waals surface area contributed by atoms with Gasteiger partial charge in [0.15, 0.2) is 0 Å². The lowest BCUT2D eigenvalue weighted by molar-refractivity contribution is 0.212. The summed E-state index contributed by atoms with van der Waals surface area (Å²) in [4.78, 5) is 2.39. The molecule has 1 atom stereocenters. The van der Waals surface area contributed by atoms with E-state index in [2.05, 4.69) is 55.3 Å². The molecule has 0 aromatic heterocycles. The van der Waals surface area contributed by atoms with Gasteiger partial charge in [0, 0.05) is 24.3 Å². The highest BCUT2D eigenvalue weighted by Gasteiger charge is 2.36. The number of nitrogens with zero attached hydrogens (tertiary/aromatic N) is 1. The molecule has 3 heteroatoms. The molecular weight excluding hydrogens is 224 g/mol. The second-order valence-corrected chi connectivity index (χ2v) is 5.63. The van der Waals surface area contributed by atoms with Crippen LogP contribution in [0.1, 0.15) is 26.3 Å². The molecule has 1 aromatic rings. The molecule has 2 rings (SSSR count). The molecule has 0 radical (unpaired) electrons. The van der Waals surface area contributed by atoms with Gasteiger partial charge in [-0.15, -0.1) is 0 Å². The molecule has 1 saturated heterocycles. The van der Waals surface area contributed by atoms with Gasteiger partial charge in [0.1, 0.15) is 0 Å². The van der Waals surface area contributed by atoms with E-state index in [1.807, 2.05) is 0 Å². The lowest BCUT2D eigenvalue weighted by Crippen LogP contribution is -2.64. The monoisotopic (exact) mass is 248 g/mol. The Balaban J connectivity index is 2.43. The molecule has 3 nitrogen and oxygen atoms in total. The Hall–Kier alpha value is -1.06.